The van der Waals surface area contributed by atoms with E-state index in [1.165, 1.54) is 0 Å². The fourth-order valence-electron chi connectivity index (χ4n) is 1.45. The van der Waals surface area contributed by atoms with Gasteiger partial charge in [-0.15, -0.1) is 0 Å². The van der Waals surface area contributed by atoms with Crippen LogP contribution in [0.25, 0.3) is 10.8 Å². The van der Waals surface area contributed by atoms with Crippen LogP contribution in [0.15, 0.2) is 35.1 Å². The molecule has 0 amide bonds. The largest absolute Gasteiger partial charge is 0.325 e. The van der Waals surface area contributed by atoms with E-state index in [0.29, 0.717) is 11.1 Å². The van der Waals surface area contributed by atoms with Crippen LogP contribution < -0.4 is 5.56 Å². The average molecular weight is 184 g/mol. The Hall–Kier alpha value is -2.08. The van der Waals surface area contributed by atoms with Crippen molar-refractivity contribution in [2.24, 2.45) is 0 Å². The van der Waals surface area contributed by atoms with E-state index in [1.807, 2.05) is 30.3 Å². The monoisotopic (exact) mass is 184 g/mol. The number of pyridine rings is 1. The summed E-state index contributed by atoms with van der Waals surface area (Å²) in [5.41, 5.74) is 0.532. The van der Waals surface area contributed by atoms with Gasteiger partial charge in [0, 0.05) is 11.1 Å². The zero-order valence-corrected chi connectivity index (χ0v) is 7.45. The molecule has 0 saturated carbocycles. The molecular formula is C11H8N2O. The Morgan fingerprint density at radius 1 is 1.36 bits per heavy atom. The molecule has 3 heteroatoms. The predicted molar refractivity (Wildman–Crippen MR) is 53.9 cm³/mol. The summed E-state index contributed by atoms with van der Waals surface area (Å²) in [6.07, 6.45) is 0.236. The first-order valence-corrected chi connectivity index (χ1v) is 4.29. The summed E-state index contributed by atoms with van der Waals surface area (Å²) in [4.78, 5) is 14.2. The van der Waals surface area contributed by atoms with Crippen molar-refractivity contribution in [1.29, 1.82) is 5.26 Å². The van der Waals surface area contributed by atoms with Gasteiger partial charge in [0.2, 0.25) is 0 Å². The third kappa shape index (κ3) is 1.38. The SMILES string of the molecule is N#CCc1cc2ccccc2c(=O)[nH]1. The van der Waals surface area contributed by atoms with E-state index < -0.39 is 0 Å². The van der Waals surface area contributed by atoms with Gasteiger partial charge in [0.05, 0.1) is 12.5 Å². The van der Waals surface area contributed by atoms with Gasteiger partial charge in [-0.1, -0.05) is 18.2 Å². The quantitative estimate of drug-likeness (QED) is 0.731. The molecule has 68 valence electrons. The second-order valence-electron chi connectivity index (χ2n) is 3.05. The van der Waals surface area contributed by atoms with Crippen molar-refractivity contribution in [3.05, 3.63) is 46.4 Å². The lowest BCUT2D eigenvalue weighted by Crippen LogP contribution is -2.08. The molecule has 2 rings (SSSR count). The zero-order chi connectivity index (χ0) is 9.97. The van der Waals surface area contributed by atoms with Crippen molar-refractivity contribution < 1.29 is 0 Å². The molecule has 0 spiro atoms. The van der Waals surface area contributed by atoms with E-state index >= 15 is 0 Å². The summed E-state index contributed by atoms with van der Waals surface area (Å²) in [5, 5.41) is 10.0. The maximum Gasteiger partial charge on any atom is 0.256 e. The third-order valence-corrected chi connectivity index (χ3v) is 2.08. The Balaban J connectivity index is 2.74. The van der Waals surface area contributed by atoms with Crippen molar-refractivity contribution in [1.82, 2.24) is 4.98 Å². The number of H-pyrrole nitrogens is 1. The number of nitrogens with one attached hydrogen (secondary N) is 1. The first-order chi connectivity index (χ1) is 6.81. The van der Waals surface area contributed by atoms with Crippen molar-refractivity contribution in [3.63, 3.8) is 0 Å². The minimum absolute atomic E-state index is 0.131. The number of hydrogen-bond acceptors (Lipinski definition) is 2. The molecule has 0 unspecified atom stereocenters. The number of hydrogen-bond donors (Lipinski definition) is 1. The molecule has 1 heterocycles. The summed E-state index contributed by atoms with van der Waals surface area (Å²) in [6, 6.07) is 11.2. The van der Waals surface area contributed by atoms with Gasteiger partial charge in [-0.3, -0.25) is 4.79 Å². The molecule has 0 saturated heterocycles. The highest BCUT2D eigenvalue weighted by Crippen LogP contribution is 2.09. The van der Waals surface area contributed by atoms with E-state index in [2.05, 4.69) is 4.98 Å². The van der Waals surface area contributed by atoms with Gasteiger partial charge >= 0.3 is 0 Å². The molecule has 0 aliphatic heterocycles. The first-order valence-electron chi connectivity index (χ1n) is 4.29. The van der Waals surface area contributed by atoms with Gasteiger partial charge in [0.1, 0.15) is 0 Å². The number of benzene rings is 1. The van der Waals surface area contributed by atoms with Gasteiger partial charge in [-0.2, -0.15) is 5.26 Å². The van der Waals surface area contributed by atoms with Crippen molar-refractivity contribution in [2.45, 2.75) is 6.42 Å². The Morgan fingerprint density at radius 2 is 2.14 bits per heavy atom. The number of nitrogens with zero attached hydrogens (tertiary/aromatic N) is 1. The van der Waals surface area contributed by atoms with Crippen molar-refractivity contribution >= 4 is 10.8 Å². The standard InChI is InChI=1S/C11H8N2O/c12-6-5-9-7-8-3-1-2-4-10(8)11(14)13-9/h1-4,7H,5H2,(H,13,14). The maximum absolute atomic E-state index is 11.5. The molecule has 0 bridgehead atoms. The van der Waals surface area contributed by atoms with E-state index in [9.17, 15) is 4.79 Å². The number of fused-ring (bicyclic) bond motifs is 1. The molecule has 1 N–H and O–H groups in total. The average Bonchev–Trinajstić information content (AvgIpc) is 2.18. The van der Waals surface area contributed by atoms with E-state index in [1.54, 1.807) is 6.07 Å². The highest BCUT2D eigenvalue weighted by Gasteiger charge is 1.99. The van der Waals surface area contributed by atoms with Crippen LogP contribution >= 0.6 is 0 Å². The highest BCUT2D eigenvalue weighted by molar-refractivity contribution is 5.81. The molecule has 0 radical (unpaired) electrons. The molecule has 0 aliphatic rings. The molecule has 0 fully saturated rings. The lowest BCUT2D eigenvalue weighted by Gasteiger charge is -1.98. The minimum atomic E-state index is -0.131. The zero-order valence-electron chi connectivity index (χ0n) is 7.45. The summed E-state index contributed by atoms with van der Waals surface area (Å²) < 4.78 is 0. The smallest absolute Gasteiger partial charge is 0.256 e. The Kier molecular flexibility index (Phi) is 2.04. The van der Waals surface area contributed by atoms with Gasteiger partial charge in [-0.25, -0.2) is 0 Å². The van der Waals surface area contributed by atoms with Gasteiger partial charge in [0.25, 0.3) is 5.56 Å². The Morgan fingerprint density at radius 3 is 2.93 bits per heavy atom. The summed E-state index contributed by atoms with van der Waals surface area (Å²) in [6.45, 7) is 0. The first kappa shape index (κ1) is 8.52. The topological polar surface area (TPSA) is 56.6 Å². The third-order valence-electron chi connectivity index (χ3n) is 2.08. The van der Waals surface area contributed by atoms with E-state index in [4.69, 9.17) is 5.26 Å². The number of aromatic amines is 1. The minimum Gasteiger partial charge on any atom is -0.325 e. The van der Waals surface area contributed by atoms with Gasteiger partial charge in [-0.05, 0) is 17.5 Å². The summed E-state index contributed by atoms with van der Waals surface area (Å²) >= 11 is 0. The molecule has 14 heavy (non-hydrogen) atoms. The second kappa shape index (κ2) is 3.35. The van der Waals surface area contributed by atoms with Crippen LogP contribution in [-0.4, -0.2) is 4.98 Å². The molecular weight excluding hydrogens is 176 g/mol. The van der Waals surface area contributed by atoms with E-state index in [0.717, 1.165) is 5.39 Å². The van der Waals surface area contributed by atoms with Crippen molar-refractivity contribution in [3.8, 4) is 6.07 Å². The summed E-state index contributed by atoms with van der Waals surface area (Å²) in [7, 11) is 0. The maximum atomic E-state index is 11.5. The fourth-order valence-corrected chi connectivity index (χ4v) is 1.45. The molecule has 0 aliphatic carbocycles. The Bertz CT molecular complexity index is 563. The highest BCUT2D eigenvalue weighted by atomic mass is 16.1. The lowest BCUT2D eigenvalue weighted by atomic mass is 10.1. The second-order valence-corrected chi connectivity index (χ2v) is 3.05. The molecule has 1 aromatic heterocycles. The number of aromatic nitrogens is 1. The predicted octanol–water partition coefficient (Wildman–Crippen LogP) is 1.59. The van der Waals surface area contributed by atoms with Crippen LogP contribution in [0.2, 0.25) is 0 Å². The molecule has 1 aromatic carbocycles. The molecule has 0 atom stereocenters. The number of nitriles is 1. The lowest BCUT2D eigenvalue weighted by molar-refractivity contribution is 1.10. The number of rotatable bonds is 1. The fraction of sp³-hybridized carbons (Fsp3) is 0.0909. The normalized spacial score (nSPS) is 9.93. The van der Waals surface area contributed by atoms with Crippen LogP contribution in [0, 0.1) is 11.3 Å². The van der Waals surface area contributed by atoms with Crippen molar-refractivity contribution in [2.75, 3.05) is 0 Å². The van der Waals surface area contributed by atoms with Crippen LogP contribution in [0.5, 0.6) is 0 Å². The van der Waals surface area contributed by atoms with Crippen LogP contribution in [0.3, 0.4) is 0 Å². The van der Waals surface area contributed by atoms with Crippen LogP contribution in [-0.2, 0) is 6.42 Å². The van der Waals surface area contributed by atoms with Crippen LogP contribution in [0.1, 0.15) is 5.69 Å². The van der Waals surface area contributed by atoms with Gasteiger partial charge < -0.3 is 4.98 Å². The van der Waals surface area contributed by atoms with E-state index in [-0.39, 0.29) is 12.0 Å². The van der Waals surface area contributed by atoms with Crippen LogP contribution in [0.4, 0.5) is 0 Å². The Labute approximate surface area is 80.6 Å². The summed E-state index contributed by atoms with van der Waals surface area (Å²) in [5.74, 6) is 0. The molecule has 2 aromatic rings. The molecule has 3 nitrogen and oxygen atoms in total. The van der Waals surface area contributed by atoms with Gasteiger partial charge in [0.15, 0.2) is 0 Å².